The summed E-state index contributed by atoms with van der Waals surface area (Å²) in [6, 6.07) is 3.83. The summed E-state index contributed by atoms with van der Waals surface area (Å²) in [5.41, 5.74) is 0. The highest BCUT2D eigenvalue weighted by molar-refractivity contribution is 7.19. The van der Waals surface area contributed by atoms with Gasteiger partial charge < -0.3 is 14.6 Å². The summed E-state index contributed by atoms with van der Waals surface area (Å²) in [5.74, 6) is 1.27. The van der Waals surface area contributed by atoms with Crippen LogP contribution in [0, 0.1) is 5.92 Å². The predicted molar refractivity (Wildman–Crippen MR) is 106 cm³/mol. The van der Waals surface area contributed by atoms with Crippen LogP contribution in [-0.2, 0) is 16.0 Å². The van der Waals surface area contributed by atoms with Crippen molar-refractivity contribution in [2.75, 3.05) is 36.0 Å². The second-order valence-electron chi connectivity index (χ2n) is 7.25. The van der Waals surface area contributed by atoms with E-state index in [0.717, 1.165) is 62.6 Å². The molecular weight excluding hydrogens is 378 g/mol. The lowest BCUT2D eigenvalue weighted by molar-refractivity contribution is -0.125. The number of anilines is 2. The summed E-state index contributed by atoms with van der Waals surface area (Å²) in [6.45, 7) is 2.97. The zero-order valence-corrected chi connectivity index (χ0v) is 16.6. The fourth-order valence-corrected chi connectivity index (χ4v) is 4.64. The average molecular weight is 404 g/mol. The molecule has 0 saturated carbocycles. The van der Waals surface area contributed by atoms with Crippen LogP contribution < -0.4 is 15.1 Å². The Morgan fingerprint density at radius 3 is 2.79 bits per heavy atom. The molecule has 1 N–H and O–H groups in total. The van der Waals surface area contributed by atoms with E-state index < -0.39 is 0 Å². The van der Waals surface area contributed by atoms with Crippen LogP contribution in [0.3, 0.4) is 0 Å². The maximum Gasteiger partial charge on any atom is 0.228 e. The number of piperidine rings is 1. The van der Waals surface area contributed by atoms with Crippen LogP contribution in [0.5, 0.6) is 0 Å². The smallest absolute Gasteiger partial charge is 0.228 e. The zero-order valence-electron chi connectivity index (χ0n) is 15.8. The Labute approximate surface area is 167 Å². The third kappa shape index (κ3) is 4.35. The van der Waals surface area contributed by atoms with Crippen molar-refractivity contribution in [1.82, 2.24) is 15.5 Å². The molecule has 4 heterocycles. The van der Waals surface area contributed by atoms with Gasteiger partial charge in [0.2, 0.25) is 22.1 Å². The van der Waals surface area contributed by atoms with Crippen molar-refractivity contribution in [1.29, 1.82) is 0 Å². The first-order chi connectivity index (χ1) is 13.7. The van der Waals surface area contributed by atoms with Gasteiger partial charge in [-0.3, -0.25) is 14.5 Å². The summed E-state index contributed by atoms with van der Waals surface area (Å²) in [6.07, 6.45) is 6.48. The number of nitrogens with zero attached hydrogens (tertiary/aromatic N) is 4. The largest absolute Gasteiger partial charge is 0.469 e. The van der Waals surface area contributed by atoms with Gasteiger partial charge >= 0.3 is 0 Å². The van der Waals surface area contributed by atoms with Crippen LogP contribution >= 0.6 is 11.3 Å². The molecule has 0 aliphatic carbocycles. The van der Waals surface area contributed by atoms with Gasteiger partial charge in [-0.15, -0.1) is 10.2 Å². The van der Waals surface area contributed by atoms with Gasteiger partial charge in [0, 0.05) is 44.9 Å². The first-order valence-corrected chi connectivity index (χ1v) is 10.7. The molecule has 2 aromatic rings. The van der Waals surface area contributed by atoms with Gasteiger partial charge in [0.05, 0.1) is 6.26 Å². The predicted octanol–water partition coefficient (Wildman–Crippen LogP) is 2.22. The van der Waals surface area contributed by atoms with Gasteiger partial charge in [-0.1, -0.05) is 11.3 Å². The molecule has 0 spiro atoms. The van der Waals surface area contributed by atoms with E-state index in [2.05, 4.69) is 20.4 Å². The standard InChI is InChI=1S/C19H25N5O3S/c25-16-6-2-10-24(16)19-22-21-18(28-19)23-11-7-14(8-12-23)17(26)20-9-1-4-15-5-3-13-27-15/h3,5,13-14H,1-2,4,6-12H2,(H,20,26). The molecule has 0 aromatic carbocycles. The van der Waals surface area contributed by atoms with E-state index in [1.807, 2.05) is 12.1 Å². The van der Waals surface area contributed by atoms with Crippen molar-refractivity contribution in [3.63, 3.8) is 0 Å². The van der Waals surface area contributed by atoms with Gasteiger partial charge in [0.1, 0.15) is 5.76 Å². The van der Waals surface area contributed by atoms with Crippen LogP contribution in [0.25, 0.3) is 0 Å². The molecule has 0 bridgehead atoms. The zero-order chi connectivity index (χ0) is 19.3. The quantitative estimate of drug-likeness (QED) is 0.713. The number of furan rings is 1. The summed E-state index contributed by atoms with van der Waals surface area (Å²) < 4.78 is 5.30. The maximum absolute atomic E-state index is 12.4. The van der Waals surface area contributed by atoms with Crippen LogP contribution in [0.15, 0.2) is 22.8 Å². The molecule has 2 aliphatic rings. The highest BCUT2D eigenvalue weighted by atomic mass is 32.1. The molecule has 2 aromatic heterocycles. The van der Waals surface area contributed by atoms with Gasteiger partial charge in [-0.05, 0) is 37.8 Å². The van der Waals surface area contributed by atoms with E-state index >= 15 is 0 Å². The minimum absolute atomic E-state index is 0.0485. The normalized spacial score (nSPS) is 18.1. The maximum atomic E-state index is 12.4. The Bertz CT molecular complexity index is 798. The van der Waals surface area contributed by atoms with Crippen LogP contribution in [0.1, 0.15) is 37.9 Å². The SMILES string of the molecule is O=C(NCCCc1ccco1)C1CCN(c2nnc(N3CCCC3=O)s2)CC1. The fourth-order valence-electron chi connectivity index (χ4n) is 3.70. The van der Waals surface area contributed by atoms with Crippen molar-refractivity contribution in [3.8, 4) is 0 Å². The second kappa shape index (κ2) is 8.72. The van der Waals surface area contributed by atoms with E-state index in [4.69, 9.17) is 4.42 Å². The molecule has 0 atom stereocenters. The number of hydrogen-bond acceptors (Lipinski definition) is 7. The summed E-state index contributed by atoms with van der Waals surface area (Å²) in [7, 11) is 0. The number of rotatable bonds is 7. The molecule has 28 heavy (non-hydrogen) atoms. The van der Waals surface area contributed by atoms with Gasteiger partial charge in [0.25, 0.3) is 0 Å². The molecule has 2 fully saturated rings. The lowest BCUT2D eigenvalue weighted by atomic mass is 9.96. The van der Waals surface area contributed by atoms with Crippen LogP contribution in [0.4, 0.5) is 10.3 Å². The van der Waals surface area contributed by atoms with Crippen molar-refractivity contribution in [2.24, 2.45) is 5.92 Å². The average Bonchev–Trinajstić information content (AvgIpc) is 3.47. The molecule has 0 unspecified atom stereocenters. The Kier molecular flexibility index (Phi) is 5.90. The van der Waals surface area contributed by atoms with Crippen molar-refractivity contribution >= 4 is 33.4 Å². The molecule has 9 heteroatoms. The van der Waals surface area contributed by atoms with Crippen LogP contribution in [-0.4, -0.2) is 48.2 Å². The van der Waals surface area contributed by atoms with Gasteiger partial charge in [0.15, 0.2) is 0 Å². The molecule has 8 nitrogen and oxygen atoms in total. The van der Waals surface area contributed by atoms with E-state index in [1.165, 1.54) is 11.3 Å². The molecule has 150 valence electrons. The van der Waals surface area contributed by atoms with E-state index in [9.17, 15) is 9.59 Å². The molecule has 4 rings (SSSR count). The molecule has 2 amide bonds. The van der Waals surface area contributed by atoms with Crippen LogP contribution in [0.2, 0.25) is 0 Å². The summed E-state index contributed by atoms with van der Waals surface area (Å²) in [5, 5.41) is 13.0. The molecule has 2 saturated heterocycles. The fraction of sp³-hybridized carbons (Fsp3) is 0.579. The number of amides is 2. The number of hydrogen-bond donors (Lipinski definition) is 1. The monoisotopic (exact) mass is 403 g/mol. The third-order valence-corrected chi connectivity index (χ3v) is 6.33. The Morgan fingerprint density at radius 2 is 2.07 bits per heavy atom. The minimum atomic E-state index is 0.0485. The van der Waals surface area contributed by atoms with E-state index in [0.29, 0.717) is 18.1 Å². The second-order valence-corrected chi connectivity index (χ2v) is 8.19. The summed E-state index contributed by atoms with van der Waals surface area (Å²) >= 11 is 1.46. The number of aromatic nitrogens is 2. The number of carbonyl (C=O) groups excluding carboxylic acids is 2. The Balaban J connectivity index is 1.20. The summed E-state index contributed by atoms with van der Waals surface area (Å²) in [4.78, 5) is 28.1. The Morgan fingerprint density at radius 1 is 1.25 bits per heavy atom. The Hall–Kier alpha value is -2.42. The first-order valence-electron chi connectivity index (χ1n) is 9.89. The highest BCUT2D eigenvalue weighted by Crippen LogP contribution is 2.32. The van der Waals surface area contributed by atoms with E-state index in [1.54, 1.807) is 11.2 Å². The van der Waals surface area contributed by atoms with Gasteiger partial charge in [-0.25, -0.2) is 0 Å². The van der Waals surface area contributed by atoms with Crippen molar-refractivity contribution in [2.45, 2.75) is 38.5 Å². The molecular formula is C19H25N5O3S. The lowest BCUT2D eigenvalue weighted by Gasteiger charge is -2.30. The number of aryl methyl sites for hydroxylation is 1. The number of carbonyl (C=O) groups is 2. The third-order valence-electron chi connectivity index (χ3n) is 5.32. The first kappa shape index (κ1) is 18.9. The topological polar surface area (TPSA) is 91.6 Å². The van der Waals surface area contributed by atoms with E-state index in [-0.39, 0.29) is 17.7 Å². The lowest BCUT2D eigenvalue weighted by Crippen LogP contribution is -2.40. The number of nitrogens with one attached hydrogen (secondary N) is 1. The minimum Gasteiger partial charge on any atom is -0.469 e. The molecule has 0 radical (unpaired) electrons. The van der Waals surface area contributed by atoms with Crippen molar-refractivity contribution in [3.05, 3.63) is 24.2 Å². The van der Waals surface area contributed by atoms with Gasteiger partial charge in [-0.2, -0.15) is 0 Å². The highest BCUT2D eigenvalue weighted by Gasteiger charge is 2.29. The van der Waals surface area contributed by atoms with Crippen molar-refractivity contribution < 1.29 is 14.0 Å². The molecule has 2 aliphatic heterocycles.